The minimum absolute atomic E-state index is 0.226. The van der Waals surface area contributed by atoms with Crippen LogP contribution < -0.4 is 10.6 Å². The van der Waals surface area contributed by atoms with Crippen LogP contribution in [0.3, 0.4) is 0 Å². The second-order valence-corrected chi connectivity index (χ2v) is 4.50. The Hall–Kier alpha value is -1.14. The molecule has 0 aromatic heterocycles. The Kier molecular flexibility index (Phi) is 4.89. The van der Waals surface area contributed by atoms with Crippen molar-refractivity contribution in [3.8, 4) is 0 Å². The molecule has 6 nitrogen and oxygen atoms in total. The minimum atomic E-state index is -1.03. The van der Waals surface area contributed by atoms with Gasteiger partial charge in [0.15, 0.2) is 0 Å². The number of carboxylic acid groups (broad SMARTS) is 1. The monoisotopic (exact) mass is 244 g/mol. The number of carbonyl (C=O) groups excluding carboxylic acids is 1. The Morgan fingerprint density at radius 1 is 1.47 bits per heavy atom. The number of ether oxygens (including phenoxy) is 1. The number of nitrogens with one attached hydrogen (secondary N) is 2. The summed E-state index contributed by atoms with van der Waals surface area (Å²) < 4.78 is 5.11. The van der Waals surface area contributed by atoms with Crippen LogP contribution in [-0.2, 0) is 14.3 Å². The van der Waals surface area contributed by atoms with Gasteiger partial charge in [-0.15, -0.1) is 0 Å². The molecule has 1 atom stereocenters. The average molecular weight is 244 g/mol. The van der Waals surface area contributed by atoms with Gasteiger partial charge in [0.1, 0.15) is 6.04 Å². The number of rotatable bonds is 5. The molecule has 17 heavy (non-hydrogen) atoms. The molecule has 0 saturated carbocycles. The van der Waals surface area contributed by atoms with Gasteiger partial charge in [-0.3, -0.25) is 9.59 Å². The highest BCUT2D eigenvalue weighted by Crippen LogP contribution is 2.29. The second-order valence-electron chi connectivity index (χ2n) is 4.50. The summed E-state index contributed by atoms with van der Waals surface area (Å²) in [6.45, 7) is 3.28. The van der Waals surface area contributed by atoms with Gasteiger partial charge in [-0.25, -0.2) is 0 Å². The summed E-state index contributed by atoms with van der Waals surface area (Å²) in [7, 11) is 1.55. The van der Waals surface area contributed by atoms with E-state index in [0.717, 1.165) is 13.1 Å². The molecule has 1 rings (SSSR count). The Balaban J connectivity index is 2.69. The minimum Gasteiger partial charge on any atom is -0.480 e. The van der Waals surface area contributed by atoms with Crippen molar-refractivity contribution in [2.45, 2.75) is 25.8 Å². The smallest absolute Gasteiger partial charge is 0.325 e. The van der Waals surface area contributed by atoms with Crippen LogP contribution in [0.5, 0.6) is 0 Å². The largest absolute Gasteiger partial charge is 0.480 e. The summed E-state index contributed by atoms with van der Waals surface area (Å²) in [6, 6.07) is -0.869. The first-order valence-electron chi connectivity index (χ1n) is 5.75. The molecule has 1 unspecified atom stereocenters. The van der Waals surface area contributed by atoms with E-state index in [2.05, 4.69) is 10.6 Å². The second kappa shape index (κ2) is 5.97. The van der Waals surface area contributed by atoms with Gasteiger partial charge >= 0.3 is 5.97 Å². The van der Waals surface area contributed by atoms with E-state index in [1.165, 1.54) is 6.92 Å². The molecule has 98 valence electrons. The number of carbonyl (C=O) groups is 2. The molecule has 1 heterocycles. The maximum atomic E-state index is 12.1. The van der Waals surface area contributed by atoms with E-state index in [-0.39, 0.29) is 5.91 Å². The zero-order valence-electron chi connectivity index (χ0n) is 10.3. The molecule has 3 N–H and O–H groups in total. The Morgan fingerprint density at radius 3 is 2.53 bits per heavy atom. The van der Waals surface area contributed by atoms with Crippen LogP contribution in [-0.4, -0.2) is 49.8 Å². The van der Waals surface area contributed by atoms with E-state index < -0.39 is 17.4 Å². The molecule has 1 aliphatic rings. The van der Waals surface area contributed by atoms with Crippen molar-refractivity contribution >= 4 is 11.9 Å². The summed E-state index contributed by atoms with van der Waals surface area (Å²) in [5, 5.41) is 14.5. The van der Waals surface area contributed by atoms with E-state index in [1.807, 2.05) is 0 Å². The highest BCUT2D eigenvalue weighted by Gasteiger charge is 2.40. The summed E-state index contributed by atoms with van der Waals surface area (Å²) in [4.78, 5) is 22.9. The Morgan fingerprint density at radius 2 is 2.06 bits per heavy atom. The zero-order valence-corrected chi connectivity index (χ0v) is 10.3. The number of hydrogen-bond acceptors (Lipinski definition) is 4. The van der Waals surface area contributed by atoms with Crippen molar-refractivity contribution < 1.29 is 19.4 Å². The van der Waals surface area contributed by atoms with Gasteiger partial charge in [-0.1, -0.05) is 0 Å². The lowest BCUT2D eigenvalue weighted by molar-refractivity contribution is -0.145. The number of amides is 1. The fraction of sp³-hybridized carbons (Fsp3) is 0.818. The van der Waals surface area contributed by atoms with Gasteiger partial charge in [-0.05, 0) is 32.9 Å². The van der Waals surface area contributed by atoms with Crippen molar-refractivity contribution in [2.75, 3.05) is 26.8 Å². The lowest BCUT2D eigenvalue weighted by Gasteiger charge is -2.36. The van der Waals surface area contributed by atoms with Crippen molar-refractivity contribution in [3.05, 3.63) is 0 Å². The van der Waals surface area contributed by atoms with Gasteiger partial charge in [0.25, 0.3) is 0 Å². The van der Waals surface area contributed by atoms with Gasteiger partial charge in [0, 0.05) is 7.11 Å². The number of carboxylic acids is 1. The molecular formula is C11H20N2O4. The highest BCUT2D eigenvalue weighted by molar-refractivity contribution is 5.87. The average Bonchev–Trinajstić information content (AvgIpc) is 2.30. The van der Waals surface area contributed by atoms with Crippen LogP contribution in [0, 0.1) is 5.41 Å². The molecule has 0 aromatic carbocycles. The summed E-state index contributed by atoms with van der Waals surface area (Å²) in [6.07, 6.45) is 1.33. The highest BCUT2D eigenvalue weighted by atomic mass is 16.5. The molecule has 0 aromatic rings. The lowest BCUT2D eigenvalue weighted by atomic mass is 9.78. The molecule has 0 bridgehead atoms. The molecule has 1 saturated heterocycles. The van der Waals surface area contributed by atoms with E-state index in [1.54, 1.807) is 7.11 Å². The van der Waals surface area contributed by atoms with Gasteiger partial charge in [-0.2, -0.15) is 0 Å². The standard InChI is InChI=1S/C11H20N2O4/c1-8(9(14)15)13-10(16)11(7-17-2)3-5-12-6-4-11/h8,12H,3-7H2,1-2H3,(H,13,16)(H,14,15). The van der Waals surface area contributed by atoms with E-state index in [4.69, 9.17) is 9.84 Å². The predicted molar refractivity (Wildman–Crippen MR) is 61.7 cm³/mol. The molecular weight excluding hydrogens is 224 g/mol. The van der Waals surface area contributed by atoms with Crippen molar-refractivity contribution in [1.29, 1.82) is 0 Å². The van der Waals surface area contributed by atoms with E-state index in [9.17, 15) is 9.59 Å². The topological polar surface area (TPSA) is 87.7 Å². The summed E-state index contributed by atoms with van der Waals surface area (Å²) in [5.41, 5.74) is -0.594. The van der Waals surface area contributed by atoms with E-state index in [0.29, 0.717) is 19.4 Å². The van der Waals surface area contributed by atoms with Crippen molar-refractivity contribution in [1.82, 2.24) is 10.6 Å². The van der Waals surface area contributed by atoms with Crippen LogP contribution in [0.15, 0.2) is 0 Å². The van der Waals surface area contributed by atoms with E-state index >= 15 is 0 Å². The van der Waals surface area contributed by atoms with Crippen LogP contribution in [0.25, 0.3) is 0 Å². The number of piperidine rings is 1. The SMILES string of the molecule is COCC1(C(=O)NC(C)C(=O)O)CCNCC1. The molecule has 0 spiro atoms. The van der Waals surface area contributed by atoms with Crippen LogP contribution in [0.2, 0.25) is 0 Å². The van der Waals surface area contributed by atoms with Gasteiger partial charge < -0.3 is 20.5 Å². The van der Waals surface area contributed by atoms with Gasteiger partial charge in [0.05, 0.1) is 12.0 Å². The van der Waals surface area contributed by atoms with Crippen LogP contribution in [0.4, 0.5) is 0 Å². The first kappa shape index (κ1) is 13.9. The molecule has 1 fully saturated rings. The van der Waals surface area contributed by atoms with Crippen LogP contribution >= 0.6 is 0 Å². The molecule has 1 amide bonds. The molecule has 6 heteroatoms. The number of methoxy groups -OCH3 is 1. The third kappa shape index (κ3) is 3.41. The molecule has 1 aliphatic heterocycles. The first-order valence-corrected chi connectivity index (χ1v) is 5.75. The van der Waals surface area contributed by atoms with Gasteiger partial charge in [0.2, 0.25) is 5.91 Å². The van der Waals surface area contributed by atoms with Crippen LogP contribution in [0.1, 0.15) is 19.8 Å². The third-order valence-corrected chi connectivity index (χ3v) is 3.18. The Labute approximate surface area is 101 Å². The fourth-order valence-corrected chi connectivity index (χ4v) is 2.03. The van der Waals surface area contributed by atoms with Crippen molar-refractivity contribution in [2.24, 2.45) is 5.41 Å². The number of aliphatic carboxylic acids is 1. The zero-order chi connectivity index (χ0) is 12.9. The number of hydrogen-bond donors (Lipinski definition) is 3. The molecule has 0 radical (unpaired) electrons. The maximum absolute atomic E-state index is 12.1. The lowest BCUT2D eigenvalue weighted by Crippen LogP contribution is -2.53. The van der Waals surface area contributed by atoms with Crippen molar-refractivity contribution in [3.63, 3.8) is 0 Å². The third-order valence-electron chi connectivity index (χ3n) is 3.18. The fourth-order valence-electron chi connectivity index (χ4n) is 2.03. The molecule has 0 aliphatic carbocycles. The maximum Gasteiger partial charge on any atom is 0.325 e. The Bertz CT molecular complexity index is 282. The normalized spacial score (nSPS) is 20.6. The quantitative estimate of drug-likeness (QED) is 0.612. The predicted octanol–water partition coefficient (Wildman–Crippen LogP) is -0.408. The summed E-state index contributed by atoms with van der Waals surface area (Å²) in [5.74, 6) is -1.25. The first-order chi connectivity index (χ1) is 8.02. The summed E-state index contributed by atoms with van der Waals surface area (Å²) >= 11 is 0.